The van der Waals surface area contributed by atoms with Gasteiger partial charge in [-0.3, -0.25) is 0 Å². The topological polar surface area (TPSA) is 12.0 Å². The van der Waals surface area contributed by atoms with E-state index in [1.165, 1.54) is 43.4 Å². The Hall–Kier alpha value is -0.340. The van der Waals surface area contributed by atoms with Crippen LogP contribution in [0.4, 0.5) is 0 Å². The molecule has 98 valence electrons. The summed E-state index contributed by atoms with van der Waals surface area (Å²) in [5.41, 5.74) is 0. The van der Waals surface area contributed by atoms with Crippen LogP contribution in [0.15, 0.2) is 17.5 Å². The monoisotopic (exact) mass is 253 g/mol. The second-order valence-corrected chi connectivity index (χ2v) is 5.87. The van der Waals surface area contributed by atoms with Crippen molar-refractivity contribution in [1.29, 1.82) is 0 Å². The molecule has 1 nitrogen and oxygen atoms in total. The Morgan fingerprint density at radius 1 is 1.24 bits per heavy atom. The molecular weight excluding hydrogens is 226 g/mol. The molecule has 17 heavy (non-hydrogen) atoms. The highest BCUT2D eigenvalue weighted by Crippen LogP contribution is 2.22. The minimum absolute atomic E-state index is 0.552. The summed E-state index contributed by atoms with van der Waals surface area (Å²) in [7, 11) is 0. The first kappa shape index (κ1) is 14.7. The molecule has 0 radical (unpaired) electrons. The maximum atomic E-state index is 3.76. The van der Waals surface area contributed by atoms with E-state index >= 15 is 0 Å². The molecule has 1 heterocycles. The van der Waals surface area contributed by atoms with Gasteiger partial charge in [0.1, 0.15) is 0 Å². The fraction of sp³-hybridized carbons (Fsp3) is 0.733. The van der Waals surface area contributed by atoms with Crippen LogP contribution in [-0.2, 0) is 0 Å². The molecule has 1 N–H and O–H groups in total. The van der Waals surface area contributed by atoms with Crippen molar-refractivity contribution in [2.75, 3.05) is 0 Å². The van der Waals surface area contributed by atoms with Crippen molar-refractivity contribution in [3.8, 4) is 0 Å². The molecule has 0 aliphatic carbocycles. The molecule has 0 saturated carbocycles. The lowest BCUT2D eigenvalue weighted by atomic mass is 10.1. The summed E-state index contributed by atoms with van der Waals surface area (Å²) in [6.45, 7) is 6.86. The van der Waals surface area contributed by atoms with Crippen molar-refractivity contribution >= 4 is 11.3 Å². The summed E-state index contributed by atoms with van der Waals surface area (Å²) in [5, 5.41) is 5.93. The van der Waals surface area contributed by atoms with Crippen molar-refractivity contribution in [1.82, 2.24) is 5.32 Å². The standard InChI is InChI=1S/C15H27NS/c1-4-6-7-8-10-13(3)16-14(5-2)15-11-9-12-17-15/h9,11-14,16H,4-8,10H2,1-3H3. The highest BCUT2D eigenvalue weighted by molar-refractivity contribution is 7.10. The third-order valence-electron chi connectivity index (χ3n) is 3.27. The van der Waals surface area contributed by atoms with Crippen LogP contribution >= 0.6 is 11.3 Å². The molecule has 1 aromatic rings. The Labute approximate surface area is 111 Å². The fourth-order valence-electron chi connectivity index (χ4n) is 2.19. The average Bonchev–Trinajstić information content (AvgIpc) is 2.85. The molecule has 0 saturated heterocycles. The van der Waals surface area contributed by atoms with E-state index in [4.69, 9.17) is 0 Å². The van der Waals surface area contributed by atoms with E-state index in [1.807, 2.05) is 11.3 Å². The van der Waals surface area contributed by atoms with Gasteiger partial charge in [-0.1, -0.05) is 45.6 Å². The van der Waals surface area contributed by atoms with E-state index in [1.54, 1.807) is 0 Å². The van der Waals surface area contributed by atoms with Gasteiger partial charge in [0.15, 0.2) is 0 Å². The van der Waals surface area contributed by atoms with Crippen LogP contribution in [0.1, 0.15) is 70.2 Å². The lowest BCUT2D eigenvalue weighted by molar-refractivity contribution is 0.417. The van der Waals surface area contributed by atoms with Gasteiger partial charge < -0.3 is 5.32 Å². The van der Waals surface area contributed by atoms with Crippen LogP contribution in [0.25, 0.3) is 0 Å². The van der Waals surface area contributed by atoms with Crippen LogP contribution in [0.3, 0.4) is 0 Å². The Morgan fingerprint density at radius 2 is 2.06 bits per heavy atom. The Morgan fingerprint density at radius 3 is 2.65 bits per heavy atom. The summed E-state index contributed by atoms with van der Waals surface area (Å²) in [6, 6.07) is 5.58. The first-order chi connectivity index (χ1) is 8.27. The van der Waals surface area contributed by atoms with Gasteiger partial charge in [0, 0.05) is 17.0 Å². The van der Waals surface area contributed by atoms with Gasteiger partial charge in [0.25, 0.3) is 0 Å². The molecule has 1 rings (SSSR count). The Balaban J connectivity index is 2.26. The number of nitrogens with one attached hydrogen (secondary N) is 1. The molecule has 0 spiro atoms. The van der Waals surface area contributed by atoms with Gasteiger partial charge in [-0.25, -0.2) is 0 Å². The zero-order chi connectivity index (χ0) is 12.5. The Bertz CT molecular complexity index is 268. The molecule has 0 aliphatic rings. The quantitative estimate of drug-likeness (QED) is 0.600. The molecular formula is C15H27NS. The molecule has 2 unspecified atom stereocenters. The number of thiophene rings is 1. The van der Waals surface area contributed by atoms with E-state index in [0.717, 1.165) is 0 Å². The van der Waals surface area contributed by atoms with E-state index in [0.29, 0.717) is 12.1 Å². The molecule has 0 fully saturated rings. The van der Waals surface area contributed by atoms with Crippen molar-refractivity contribution in [2.45, 2.75) is 71.4 Å². The molecule has 0 amide bonds. The Kier molecular flexibility index (Phi) is 7.54. The summed E-state index contributed by atoms with van der Waals surface area (Å²) in [4.78, 5) is 1.48. The minimum atomic E-state index is 0.552. The van der Waals surface area contributed by atoms with Crippen molar-refractivity contribution < 1.29 is 0 Å². The molecule has 0 aliphatic heterocycles. The fourth-order valence-corrected chi connectivity index (χ4v) is 3.07. The zero-order valence-corrected chi connectivity index (χ0v) is 12.4. The van der Waals surface area contributed by atoms with Gasteiger partial charge in [-0.15, -0.1) is 11.3 Å². The zero-order valence-electron chi connectivity index (χ0n) is 11.5. The van der Waals surface area contributed by atoms with Gasteiger partial charge in [-0.2, -0.15) is 0 Å². The summed E-state index contributed by atoms with van der Waals surface area (Å²) < 4.78 is 0. The average molecular weight is 253 g/mol. The second-order valence-electron chi connectivity index (χ2n) is 4.89. The van der Waals surface area contributed by atoms with Gasteiger partial charge >= 0.3 is 0 Å². The summed E-state index contributed by atoms with van der Waals surface area (Å²) >= 11 is 1.87. The van der Waals surface area contributed by atoms with E-state index < -0.39 is 0 Å². The molecule has 2 atom stereocenters. The summed E-state index contributed by atoms with van der Waals surface area (Å²) in [6.07, 6.45) is 7.95. The second kappa shape index (κ2) is 8.71. The third-order valence-corrected chi connectivity index (χ3v) is 4.26. The van der Waals surface area contributed by atoms with E-state index in [-0.39, 0.29) is 0 Å². The van der Waals surface area contributed by atoms with Crippen LogP contribution < -0.4 is 5.32 Å². The van der Waals surface area contributed by atoms with Crippen molar-refractivity contribution in [3.63, 3.8) is 0 Å². The van der Waals surface area contributed by atoms with Gasteiger partial charge in [0.2, 0.25) is 0 Å². The maximum Gasteiger partial charge on any atom is 0.0414 e. The van der Waals surface area contributed by atoms with Crippen LogP contribution in [-0.4, -0.2) is 6.04 Å². The normalized spacial score (nSPS) is 14.8. The SMILES string of the molecule is CCCCCCC(C)NC(CC)c1cccs1. The van der Waals surface area contributed by atoms with E-state index in [2.05, 4.69) is 43.6 Å². The van der Waals surface area contributed by atoms with Crippen LogP contribution in [0, 0.1) is 0 Å². The minimum Gasteiger partial charge on any atom is -0.307 e. The first-order valence-corrected chi connectivity index (χ1v) is 7.95. The lowest BCUT2D eigenvalue weighted by Gasteiger charge is -2.21. The van der Waals surface area contributed by atoms with Gasteiger partial charge in [0.05, 0.1) is 0 Å². The summed E-state index contributed by atoms with van der Waals surface area (Å²) in [5.74, 6) is 0. The van der Waals surface area contributed by atoms with Crippen molar-refractivity contribution in [3.05, 3.63) is 22.4 Å². The molecule has 2 heteroatoms. The number of unbranched alkanes of at least 4 members (excludes halogenated alkanes) is 3. The van der Waals surface area contributed by atoms with Crippen molar-refractivity contribution in [2.24, 2.45) is 0 Å². The van der Waals surface area contributed by atoms with Crippen LogP contribution in [0.2, 0.25) is 0 Å². The maximum absolute atomic E-state index is 3.76. The molecule has 1 aromatic heterocycles. The lowest BCUT2D eigenvalue weighted by Crippen LogP contribution is -2.29. The number of hydrogen-bond acceptors (Lipinski definition) is 2. The number of rotatable bonds is 9. The van der Waals surface area contributed by atoms with E-state index in [9.17, 15) is 0 Å². The largest absolute Gasteiger partial charge is 0.307 e. The number of hydrogen-bond donors (Lipinski definition) is 1. The first-order valence-electron chi connectivity index (χ1n) is 7.07. The van der Waals surface area contributed by atoms with Crippen LogP contribution in [0.5, 0.6) is 0 Å². The highest BCUT2D eigenvalue weighted by Gasteiger charge is 2.12. The third kappa shape index (κ3) is 5.69. The molecule has 0 aromatic carbocycles. The smallest absolute Gasteiger partial charge is 0.0414 e. The predicted octanol–water partition coefficient (Wildman–Crippen LogP) is 5.15. The predicted molar refractivity (Wildman–Crippen MR) is 78.7 cm³/mol. The molecule has 0 bridgehead atoms. The highest BCUT2D eigenvalue weighted by atomic mass is 32.1. The van der Waals surface area contributed by atoms with Gasteiger partial charge in [-0.05, 0) is 31.2 Å².